The highest BCUT2D eigenvalue weighted by molar-refractivity contribution is 7.90. The highest BCUT2D eigenvalue weighted by Crippen LogP contribution is 2.46. The van der Waals surface area contributed by atoms with Crippen LogP contribution in [0.2, 0.25) is 0 Å². The fraction of sp³-hybridized carbons (Fsp3) is 0.222. The van der Waals surface area contributed by atoms with Gasteiger partial charge in [-0.1, -0.05) is 6.07 Å². The number of carbonyl (C=O) groups is 1. The SMILES string of the molecule is Nc1cc(CC(S)C=O)ccc1P(=O)(O)Cl. The Hall–Kier alpha value is -0.480. The van der Waals surface area contributed by atoms with Crippen LogP contribution in [-0.2, 0) is 15.8 Å². The van der Waals surface area contributed by atoms with E-state index in [1.807, 2.05) is 0 Å². The lowest BCUT2D eigenvalue weighted by Gasteiger charge is -2.09. The van der Waals surface area contributed by atoms with E-state index < -0.39 is 12.0 Å². The van der Waals surface area contributed by atoms with E-state index >= 15 is 0 Å². The summed E-state index contributed by atoms with van der Waals surface area (Å²) in [6.45, 7) is -3.86. The third-order valence-electron chi connectivity index (χ3n) is 1.99. The second-order valence-corrected chi connectivity index (χ2v) is 6.83. The van der Waals surface area contributed by atoms with Gasteiger partial charge < -0.3 is 15.4 Å². The summed E-state index contributed by atoms with van der Waals surface area (Å²) in [6.07, 6.45) is 1.13. The second kappa shape index (κ2) is 5.23. The molecule has 16 heavy (non-hydrogen) atoms. The predicted octanol–water partition coefficient (Wildman–Crippen LogP) is 1.36. The molecular formula is C9H11ClNO3PS. The summed E-state index contributed by atoms with van der Waals surface area (Å²) in [5, 5.41) is -0.401. The summed E-state index contributed by atoms with van der Waals surface area (Å²) in [7, 11) is 0. The molecule has 3 N–H and O–H groups in total. The van der Waals surface area contributed by atoms with Crippen LogP contribution in [0.3, 0.4) is 0 Å². The smallest absolute Gasteiger partial charge is 0.319 e. The molecule has 4 nitrogen and oxygen atoms in total. The van der Waals surface area contributed by atoms with E-state index in [-0.39, 0.29) is 11.0 Å². The van der Waals surface area contributed by atoms with Crippen LogP contribution in [0.4, 0.5) is 5.69 Å². The molecular weight excluding hydrogens is 269 g/mol. The van der Waals surface area contributed by atoms with Crippen LogP contribution in [-0.4, -0.2) is 16.4 Å². The van der Waals surface area contributed by atoms with Crippen LogP contribution in [0.5, 0.6) is 0 Å². The number of nitrogens with two attached hydrogens (primary N) is 1. The van der Waals surface area contributed by atoms with Gasteiger partial charge in [-0.3, -0.25) is 4.57 Å². The lowest BCUT2D eigenvalue weighted by atomic mass is 10.1. The number of nitrogen functional groups attached to an aromatic ring is 1. The van der Waals surface area contributed by atoms with Gasteiger partial charge in [-0.15, -0.1) is 0 Å². The van der Waals surface area contributed by atoms with Crippen molar-refractivity contribution in [1.82, 2.24) is 0 Å². The minimum absolute atomic E-state index is 0.0136. The minimum Gasteiger partial charge on any atom is -0.398 e. The molecule has 0 bridgehead atoms. The van der Waals surface area contributed by atoms with Crippen molar-refractivity contribution in [3.63, 3.8) is 0 Å². The van der Waals surface area contributed by atoms with Crippen LogP contribution in [0.1, 0.15) is 5.56 Å². The molecule has 1 aromatic carbocycles. The average Bonchev–Trinajstić information content (AvgIpc) is 2.15. The molecule has 2 unspecified atom stereocenters. The van der Waals surface area contributed by atoms with Gasteiger partial charge in [0.05, 0.1) is 10.6 Å². The maximum Gasteiger partial charge on any atom is 0.319 e. The standard InChI is InChI=1S/C9H11ClNO3PS/c10-15(13,14)9-2-1-6(4-8(9)11)3-7(16)5-12/h1-2,4-5,7,16H,3,11H2,(H,13,14). The average molecular weight is 280 g/mol. The van der Waals surface area contributed by atoms with Gasteiger partial charge in [-0.2, -0.15) is 12.6 Å². The third-order valence-corrected chi connectivity index (χ3v) is 3.84. The molecule has 1 aromatic rings. The lowest BCUT2D eigenvalue weighted by Crippen LogP contribution is -2.11. The molecule has 1 rings (SSSR count). The van der Waals surface area contributed by atoms with Crippen molar-refractivity contribution in [1.29, 1.82) is 0 Å². The van der Waals surface area contributed by atoms with Crippen molar-refractivity contribution in [2.24, 2.45) is 0 Å². The van der Waals surface area contributed by atoms with Crippen molar-refractivity contribution in [2.75, 3.05) is 5.73 Å². The minimum atomic E-state index is -3.86. The van der Waals surface area contributed by atoms with Crippen molar-refractivity contribution < 1.29 is 14.3 Å². The van der Waals surface area contributed by atoms with E-state index in [9.17, 15) is 9.36 Å². The number of rotatable bonds is 4. The van der Waals surface area contributed by atoms with Crippen LogP contribution < -0.4 is 11.0 Å². The molecule has 0 aliphatic rings. The summed E-state index contributed by atoms with van der Waals surface area (Å²) in [5.41, 5.74) is 6.50. The van der Waals surface area contributed by atoms with Gasteiger partial charge in [0, 0.05) is 5.69 Å². The van der Waals surface area contributed by atoms with Crippen LogP contribution in [0.25, 0.3) is 0 Å². The van der Waals surface area contributed by atoms with Crippen LogP contribution >= 0.6 is 30.6 Å². The Bertz CT molecular complexity index is 448. The maximum atomic E-state index is 11.2. The Balaban J connectivity index is 3.00. The van der Waals surface area contributed by atoms with Gasteiger partial charge in [0.2, 0.25) is 0 Å². The normalized spacial score (nSPS) is 16.4. The van der Waals surface area contributed by atoms with Crippen molar-refractivity contribution in [3.05, 3.63) is 23.8 Å². The first-order chi connectivity index (χ1) is 7.34. The number of hydrogen-bond donors (Lipinski definition) is 3. The fourth-order valence-electron chi connectivity index (χ4n) is 1.27. The Morgan fingerprint density at radius 3 is 2.69 bits per heavy atom. The van der Waals surface area contributed by atoms with Gasteiger partial charge in [0.25, 0.3) is 0 Å². The zero-order valence-electron chi connectivity index (χ0n) is 8.21. The summed E-state index contributed by atoms with van der Waals surface area (Å²) in [4.78, 5) is 19.6. The Morgan fingerprint density at radius 1 is 1.62 bits per heavy atom. The molecule has 0 amide bonds. The summed E-state index contributed by atoms with van der Waals surface area (Å²) < 4.78 is 11.2. The second-order valence-electron chi connectivity index (χ2n) is 3.30. The topological polar surface area (TPSA) is 80.4 Å². The molecule has 0 radical (unpaired) electrons. The first-order valence-electron chi connectivity index (χ1n) is 4.39. The first-order valence-corrected chi connectivity index (χ1v) is 7.47. The molecule has 0 aliphatic heterocycles. The van der Waals surface area contributed by atoms with Gasteiger partial charge in [0.15, 0.2) is 0 Å². The number of carbonyl (C=O) groups excluding carboxylic acids is 1. The zero-order valence-corrected chi connectivity index (χ0v) is 10.8. The lowest BCUT2D eigenvalue weighted by molar-refractivity contribution is -0.107. The monoisotopic (exact) mass is 279 g/mol. The molecule has 7 heteroatoms. The highest BCUT2D eigenvalue weighted by atomic mass is 35.7. The number of anilines is 1. The summed E-state index contributed by atoms with van der Waals surface area (Å²) in [6, 6.07) is 4.51. The van der Waals surface area contributed by atoms with Gasteiger partial charge in [0.1, 0.15) is 6.29 Å². The molecule has 0 aliphatic carbocycles. The van der Waals surface area contributed by atoms with Gasteiger partial charge in [-0.25, -0.2) is 0 Å². The van der Waals surface area contributed by atoms with Crippen LogP contribution in [0.15, 0.2) is 18.2 Å². The Kier molecular flexibility index (Phi) is 4.44. The summed E-state index contributed by atoms with van der Waals surface area (Å²) >= 11 is 9.33. The first kappa shape index (κ1) is 13.6. The van der Waals surface area contributed by atoms with Crippen molar-refractivity contribution >= 4 is 47.9 Å². The third kappa shape index (κ3) is 3.52. The predicted molar refractivity (Wildman–Crippen MR) is 68.7 cm³/mol. The molecule has 0 saturated carbocycles. The summed E-state index contributed by atoms with van der Waals surface area (Å²) in [5.74, 6) is 0. The largest absolute Gasteiger partial charge is 0.398 e. The molecule has 0 spiro atoms. The van der Waals surface area contributed by atoms with E-state index in [0.717, 1.165) is 5.56 Å². The number of hydrogen-bond acceptors (Lipinski definition) is 4. The van der Waals surface area contributed by atoms with E-state index in [1.54, 1.807) is 6.07 Å². The molecule has 0 fully saturated rings. The van der Waals surface area contributed by atoms with E-state index in [4.69, 9.17) is 21.9 Å². The zero-order chi connectivity index (χ0) is 12.3. The molecule has 0 heterocycles. The van der Waals surface area contributed by atoms with E-state index in [1.165, 1.54) is 12.1 Å². The van der Waals surface area contributed by atoms with Gasteiger partial charge in [-0.05, 0) is 35.4 Å². The van der Waals surface area contributed by atoms with Crippen molar-refractivity contribution in [3.8, 4) is 0 Å². The fourth-order valence-corrected chi connectivity index (χ4v) is 2.59. The number of benzene rings is 1. The molecule has 88 valence electrons. The number of halogens is 1. The quantitative estimate of drug-likeness (QED) is 0.336. The van der Waals surface area contributed by atoms with E-state index in [2.05, 4.69) is 12.6 Å². The molecule has 0 aromatic heterocycles. The molecule has 0 saturated heterocycles. The highest BCUT2D eigenvalue weighted by Gasteiger charge is 2.20. The van der Waals surface area contributed by atoms with Gasteiger partial charge >= 0.3 is 6.72 Å². The molecule has 2 atom stereocenters. The Labute approximate surface area is 103 Å². The Morgan fingerprint density at radius 2 is 2.25 bits per heavy atom. The van der Waals surface area contributed by atoms with E-state index in [0.29, 0.717) is 12.7 Å². The maximum absolute atomic E-state index is 11.2. The van der Waals surface area contributed by atoms with Crippen LogP contribution in [0, 0.1) is 0 Å². The number of thiol groups is 1. The number of aldehydes is 1. The van der Waals surface area contributed by atoms with Crippen molar-refractivity contribution in [2.45, 2.75) is 11.7 Å².